The molecule has 1 aromatic heterocycles. The van der Waals surface area contributed by atoms with Crippen LogP contribution in [0.4, 0.5) is 0 Å². The van der Waals surface area contributed by atoms with E-state index in [2.05, 4.69) is 32.2 Å². The molecule has 0 atom stereocenters. The van der Waals surface area contributed by atoms with Crippen molar-refractivity contribution >= 4 is 28.5 Å². The van der Waals surface area contributed by atoms with Crippen LogP contribution < -0.4 is 5.32 Å². The van der Waals surface area contributed by atoms with Crippen LogP contribution in [0.25, 0.3) is 5.57 Å². The van der Waals surface area contributed by atoms with Gasteiger partial charge in [-0.1, -0.05) is 31.5 Å². The van der Waals surface area contributed by atoms with Gasteiger partial charge in [-0.15, -0.1) is 11.3 Å². The third-order valence-corrected chi connectivity index (χ3v) is 3.78. The molecule has 0 fully saturated rings. The number of halogens is 1. The molecule has 0 aliphatic heterocycles. The van der Waals surface area contributed by atoms with E-state index in [1.807, 2.05) is 11.4 Å². The van der Waals surface area contributed by atoms with Crippen LogP contribution in [0.3, 0.4) is 0 Å². The maximum Gasteiger partial charge on any atom is 0.0588 e. The third-order valence-electron chi connectivity index (χ3n) is 2.30. The zero-order valence-electron chi connectivity index (χ0n) is 10.2. The highest BCUT2D eigenvalue weighted by Gasteiger charge is 2.02. The van der Waals surface area contributed by atoms with E-state index in [1.165, 1.54) is 10.5 Å². The summed E-state index contributed by atoms with van der Waals surface area (Å²) in [5, 5.41) is 6.33. The molecule has 1 heterocycles. The van der Waals surface area contributed by atoms with E-state index >= 15 is 0 Å². The smallest absolute Gasteiger partial charge is 0.0588 e. The van der Waals surface area contributed by atoms with Crippen LogP contribution >= 0.6 is 22.9 Å². The Morgan fingerprint density at radius 1 is 1.56 bits per heavy atom. The van der Waals surface area contributed by atoms with Crippen molar-refractivity contribution in [3.8, 4) is 0 Å². The van der Waals surface area contributed by atoms with E-state index in [1.54, 1.807) is 11.3 Å². The van der Waals surface area contributed by atoms with Gasteiger partial charge >= 0.3 is 0 Å². The number of rotatable bonds is 6. The van der Waals surface area contributed by atoms with Gasteiger partial charge in [0.05, 0.1) is 5.02 Å². The average molecular weight is 258 g/mol. The van der Waals surface area contributed by atoms with Gasteiger partial charge in [0.25, 0.3) is 0 Å². The maximum absolute atomic E-state index is 6.07. The first-order chi connectivity index (χ1) is 7.61. The summed E-state index contributed by atoms with van der Waals surface area (Å²) in [6.07, 6.45) is 3.32. The van der Waals surface area contributed by atoms with Crippen molar-refractivity contribution in [3.05, 3.63) is 27.4 Å². The molecule has 0 aromatic carbocycles. The second kappa shape index (κ2) is 7.10. The molecular formula is C13H20ClNS. The maximum atomic E-state index is 6.07. The number of hydrogen-bond donors (Lipinski definition) is 1. The fourth-order valence-electron chi connectivity index (χ4n) is 1.45. The molecule has 0 saturated heterocycles. The Morgan fingerprint density at radius 3 is 2.88 bits per heavy atom. The summed E-state index contributed by atoms with van der Waals surface area (Å²) in [5.41, 5.74) is 1.28. The second-order valence-electron chi connectivity index (χ2n) is 4.37. The molecule has 0 aliphatic rings. The summed E-state index contributed by atoms with van der Waals surface area (Å²) < 4.78 is 0. The molecule has 0 aliphatic carbocycles. The van der Waals surface area contributed by atoms with Gasteiger partial charge in [0.2, 0.25) is 0 Å². The van der Waals surface area contributed by atoms with E-state index in [0.717, 1.165) is 30.5 Å². The highest BCUT2D eigenvalue weighted by atomic mass is 35.5. The highest BCUT2D eigenvalue weighted by Crippen LogP contribution is 2.29. The van der Waals surface area contributed by atoms with Gasteiger partial charge in [-0.2, -0.15) is 0 Å². The lowest BCUT2D eigenvalue weighted by Gasteiger charge is -2.05. The van der Waals surface area contributed by atoms with Gasteiger partial charge in [0.1, 0.15) is 0 Å². The van der Waals surface area contributed by atoms with Crippen LogP contribution in [0.15, 0.2) is 17.5 Å². The molecule has 1 rings (SSSR count). The molecular weight excluding hydrogens is 238 g/mol. The zero-order valence-corrected chi connectivity index (χ0v) is 11.8. The molecule has 0 radical (unpaired) electrons. The normalized spacial score (nSPS) is 12.4. The largest absolute Gasteiger partial charge is 0.316 e. The summed E-state index contributed by atoms with van der Waals surface area (Å²) in [7, 11) is 0. The molecule has 0 spiro atoms. The SMILES string of the molecule is C/C(=C/CCNCC(C)C)c1sccc1Cl. The molecule has 0 unspecified atom stereocenters. The predicted molar refractivity (Wildman–Crippen MR) is 75.3 cm³/mol. The summed E-state index contributed by atoms with van der Waals surface area (Å²) in [4.78, 5) is 1.20. The first-order valence-corrected chi connectivity index (χ1v) is 6.98. The van der Waals surface area contributed by atoms with Crippen LogP contribution in [0.2, 0.25) is 5.02 Å². The van der Waals surface area contributed by atoms with Gasteiger partial charge < -0.3 is 5.32 Å². The Bertz CT molecular complexity index is 341. The van der Waals surface area contributed by atoms with Crippen LogP contribution in [-0.4, -0.2) is 13.1 Å². The third kappa shape index (κ3) is 4.69. The summed E-state index contributed by atoms with van der Waals surface area (Å²) in [5.74, 6) is 0.719. The fraction of sp³-hybridized carbons (Fsp3) is 0.538. The van der Waals surface area contributed by atoms with E-state index in [4.69, 9.17) is 11.6 Å². The lowest BCUT2D eigenvalue weighted by Crippen LogP contribution is -2.20. The number of hydrogen-bond acceptors (Lipinski definition) is 2. The van der Waals surface area contributed by atoms with Crippen molar-refractivity contribution in [2.45, 2.75) is 27.2 Å². The lowest BCUT2D eigenvalue weighted by molar-refractivity contribution is 0.557. The molecule has 1 aromatic rings. The Kier molecular flexibility index (Phi) is 6.10. The molecule has 0 amide bonds. The van der Waals surface area contributed by atoms with Gasteiger partial charge in [-0.25, -0.2) is 0 Å². The van der Waals surface area contributed by atoms with Crippen molar-refractivity contribution in [2.24, 2.45) is 5.92 Å². The van der Waals surface area contributed by atoms with Crippen molar-refractivity contribution in [1.29, 1.82) is 0 Å². The number of nitrogens with one attached hydrogen (secondary N) is 1. The number of thiophene rings is 1. The minimum Gasteiger partial charge on any atom is -0.316 e. The monoisotopic (exact) mass is 257 g/mol. The molecule has 0 saturated carbocycles. The minimum absolute atomic E-state index is 0.719. The van der Waals surface area contributed by atoms with Crippen molar-refractivity contribution < 1.29 is 0 Å². The molecule has 0 bridgehead atoms. The van der Waals surface area contributed by atoms with Crippen molar-refractivity contribution in [3.63, 3.8) is 0 Å². The first-order valence-electron chi connectivity index (χ1n) is 5.72. The van der Waals surface area contributed by atoms with Crippen LogP contribution in [0, 0.1) is 5.92 Å². The summed E-state index contributed by atoms with van der Waals surface area (Å²) >= 11 is 7.78. The van der Waals surface area contributed by atoms with Gasteiger partial charge in [0.15, 0.2) is 0 Å². The predicted octanol–water partition coefficient (Wildman–Crippen LogP) is 4.44. The van der Waals surface area contributed by atoms with Gasteiger partial charge in [0, 0.05) is 4.88 Å². The van der Waals surface area contributed by atoms with Gasteiger partial charge in [-0.3, -0.25) is 0 Å². The molecule has 16 heavy (non-hydrogen) atoms. The molecule has 1 N–H and O–H groups in total. The van der Waals surface area contributed by atoms with E-state index in [9.17, 15) is 0 Å². The minimum atomic E-state index is 0.719. The summed E-state index contributed by atoms with van der Waals surface area (Å²) in [6, 6.07) is 1.95. The zero-order chi connectivity index (χ0) is 12.0. The number of allylic oxidation sites excluding steroid dienone is 1. The van der Waals surface area contributed by atoms with E-state index in [0.29, 0.717) is 0 Å². The van der Waals surface area contributed by atoms with E-state index < -0.39 is 0 Å². The lowest BCUT2D eigenvalue weighted by atomic mass is 10.2. The molecule has 90 valence electrons. The van der Waals surface area contributed by atoms with Crippen molar-refractivity contribution in [1.82, 2.24) is 5.32 Å². The standard InChI is InChI=1S/C13H20ClNS/c1-10(2)9-15-7-4-5-11(3)13-12(14)6-8-16-13/h5-6,8,10,15H,4,7,9H2,1-3H3/b11-5-. The Balaban J connectivity index is 2.32. The van der Waals surface area contributed by atoms with Crippen molar-refractivity contribution in [2.75, 3.05) is 13.1 Å². The van der Waals surface area contributed by atoms with Crippen LogP contribution in [0.1, 0.15) is 32.1 Å². The molecule has 3 heteroatoms. The topological polar surface area (TPSA) is 12.0 Å². The molecule has 1 nitrogen and oxygen atoms in total. The van der Waals surface area contributed by atoms with Crippen LogP contribution in [-0.2, 0) is 0 Å². The Morgan fingerprint density at radius 2 is 2.31 bits per heavy atom. The highest BCUT2D eigenvalue weighted by molar-refractivity contribution is 7.11. The Labute approximate surface area is 108 Å². The van der Waals surface area contributed by atoms with E-state index in [-0.39, 0.29) is 0 Å². The Hall–Kier alpha value is -0.310. The summed E-state index contributed by atoms with van der Waals surface area (Å²) in [6.45, 7) is 8.70. The average Bonchev–Trinajstić information content (AvgIpc) is 2.63. The first kappa shape index (κ1) is 13.8. The quantitative estimate of drug-likeness (QED) is 0.743. The van der Waals surface area contributed by atoms with Crippen LogP contribution in [0.5, 0.6) is 0 Å². The second-order valence-corrected chi connectivity index (χ2v) is 5.69. The fourth-order valence-corrected chi connectivity index (χ4v) is 2.66. The van der Waals surface area contributed by atoms with Gasteiger partial charge in [-0.05, 0) is 49.4 Å².